The molecule has 0 saturated heterocycles. The smallest absolute Gasteiger partial charge is 0.254 e. The van der Waals surface area contributed by atoms with E-state index >= 15 is 0 Å². The number of benzene rings is 2. The summed E-state index contributed by atoms with van der Waals surface area (Å²) in [6.07, 6.45) is 0. The van der Waals surface area contributed by atoms with Crippen molar-refractivity contribution in [1.29, 1.82) is 0 Å². The van der Waals surface area contributed by atoms with Gasteiger partial charge in [-0.05, 0) is 36.1 Å². The minimum absolute atomic E-state index is 0.0983. The summed E-state index contributed by atoms with van der Waals surface area (Å²) < 4.78 is 5.86. The monoisotopic (exact) mass is 380 g/mol. The largest absolute Gasteiger partial charge is 0.492 e. The van der Waals surface area contributed by atoms with E-state index in [1.807, 2.05) is 37.3 Å². The topological polar surface area (TPSA) is 58.6 Å². The van der Waals surface area contributed by atoms with Crippen LogP contribution in [0.2, 0.25) is 0 Å². The van der Waals surface area contributed by atoms with Gasteiger partial charge in [-0.1, -0.05) is 50.6 Å². The number of fused-ring (bicyclic) bond motifs is 1. The van der Waals surface area contributed by atoms with Gasteiger partial charge in [-0.2, -0.15) is 0 Å². The van der Waals surface area contributed by atoms with Gasteiger partial charge in [0.15, 0.2) is 0 Å². The van der Waals surface area contributed by atoms with Gasteiger partial charge >= 0.3 is 0 Å². The first-order valence-corrected chi connectivity index (χ1v) is 9.59. The number of ether oxygens (including phenoxy) is 1. The van der Waals surface area contributed by atoms with Gasteiger partial charge in [-0.25, -0.2) is 0 Å². The molecule has 1 aliphatic rings. The summed E-state index contributed by atoms with van der Waals surface area (Å²) in [5.41, 5.74) is 4.08. The van der Waals surface area contributed by atoms with Gasteiger partial charge in [0, 0.05) is 18.2 Å². The highest BCUT2D eigenvalue weighted by molar-refractivity contribution is 6.06. The molecule has 0 aliphatic carbocycles. The second-order valence-corrected chi connectivity index (χ2v) is 8.31. The Kier molecular flexibility index (Phi) is 5.45. The molecule has 1 heterocycles. The molecule has 28 heavy (non-hydrogen) atoms. The first-order valence-electron chi connectivity index (χ1n) is 9.59. The zero-order valence-corrected chi connectivity index (χ0v) is 17.2. The van der Waals surface area contributed by atoms with Gasteiger partial charge in [-0.15, -0.1) is 0 Å². The lowest BCUT2D eigenvalue weighted by Gasteiger charge is -2.20. The average Bonchev–Trinajstić information content (AvgIpc) is 2.86. The van der Waals surface area contributed by atoms with Crippen molar-refractivity contribution in [2.75, 3.05) is 18.1 Å². The number of carbonyl (C=O) groups is 2. The van der Waals surface area contributed by atoms with Crippen molar-refractivity contribution in [2.45, 2.75) is 46.1 Å². The molecule has 0 radical (unpaired) electrons. The van der Waals surface area contributed by atoms with E-state index in [1.54, 1.807) is 4.90 Å². The summed E-state index contributed by atoms with van der Waals surface area (Å²) >= 11 is 0. The Bertz CT molecular complexity index is 882. The minimum Gasteiger partial charge on any atom is -0.492 e. The molecule has 0 fully saturated rings. The molecule has 1 unspecified atom stereocenters. The summed E-state index contributed by atoms with van der Waals surface area (Å²) in [4.78, 5) is 26.1. The van der Waals surface area contributed by atoms with Crippen molar-refractivity contribution >= 4 is 17.5 Å². The van der Waals surface area contributed by atoms with Gasteiger partial charge < -0.3 is 15.0 Å². The Hall–Kier alpha value is -2.82. The number of hydrogen-bond donors (Lipinski definition) is 1. The summed E-state index contributed by atoms with van der Waals surface area (Å²) in [5, 5.41) is 2.76. The van der Waals surface area contributed by atoms with Crippen LogP contribution in [-0.2, 0) is 15.0 Å². The van der Waals surface area contributed by atoms with Crippen LogP contribution in [0.25, 0.3) is 0 Å². The van der Waals surface area contributed by atoms with E-state index < -0.39 is 6.04 Å². The molecule has 5 nitrogen and oxygen atoms in total. The standard InChI is InChI=1S/C23H28N2O3/c1-15-6-11-20-19(14-15)21(24-16(2)26)22(27)25(20)12-13-28-18-9-7-17(8-10-18)23(3,4)5/h6-11,14,21H,12-13H2,1-5H3,(H,24,26). The van der Waals surface area contributed by atoms with E-state index in [9.17, 15) is 9.59 Å². The molecule has 0 aromatic heterocycles. The minimum atomic E-state index is -0.626. The van der Waals surface area contributed by atoms with E-state index in [-0.39, 0.29) is 17.2 Å². The fourth-order valence-electron chi connectivity index (χ4n) is 3.44. The first-order chi connectivity index (χ1) is 13.2. The molecular formula is C23H28N2O3. The summed E-state index contributed by atoms with van der Waals surface area (Å²) in [6.45, 7) is 10.7. The van der Waals surface area contributed by atoms with Crippen LogP contribution in [-0.4, -0.2) is 25.0 Å². The molecule has 2 aromatic carbocycles. The van der Waals surface area contributed by atoms with E-state index in [0.29, 0.717) is 13.2 Å². The molecule has 1 aliphatic heterocycles. The molecule has 0 bridgehead atoms. The fraction of sp³-hybridized carbons (Fsp3) is 0.391. The predicted molar refractivity (Wildman–Crippen MR) is 111 cm³/mol. The molecule has 1 atom stereocenters. The number of aryl methyl sites for hydroxylation is 1. The molecule has 2 amide bonds. The van der Waals surface area contributed by atoms with Gasteiger partial charge in [0.05, 0.1) is 6.54 Å². The first kappa shape index (κ1) is 19.9. The van der Waals surface area contributed by atoms with Crippen LogP contribution in [0.5, 0.6) is 5.75 Å². The number of carbonyl (C=O) groups excluding carboxylic acids is 2. The van der Waals surface area contributed by atoms with Gasteiger partial charge in [0.1, 0.15) is 18.4 Å². The third-order valence-electron chi connectivity index (χ3n) is 4.95. The van der Waals surface area contributed by atoms with Crippen LogP contribution in [0.4, 0.5) is 5.69 Å². The van der Waals surface area contributed by atoms with Gasteiger partial charge in [0.25, 0.3) is 5.91 Å². The van der Waals surface area contributed by atoms with Crippen LogP contribution in [0.3, 0.4) is 0 Å². The molecular weight excluding hydrogens is 352 g/mol. The normalized spacial score (nSPS) is 16.1. The molecule has 0 saturated carbocycles. The zero-order valence-electron chi connectivity index (χ0n) is 17.2. The van der Waals surface area contributed by atoms with Crippen LogP contribution in [0.1, 0.15) is 50.4 Å². The Morgan fingerprint density at radius 2 is 1.82 bits per heavy atom. The van der Waals surface area contributed by atoms with E-state index in [4.69, 9.17) is 4.74 Å². The van der Waals surface area contributed by atoms with Crippen molar-refractivity contribution in [1.82, 2.24) is 5.32 Å². The zero-order chi connectivity index (χ0) is 20.5. The third kappa shape index (κ3) is 4.19. The second-order valence-electron chi connectivity index (χ2n) is 8.31. The van der Waals surface area contributed by atoms with E-state index in [1.165, 1.54) is 12.5 Å². The Morgan fingerprint density at radius 3 is 2.43 bits per heavy atom. The number of rotatable bonds is 5. The van der Waals surface area contributed by atoms with Crippen molar-refractivity contribution in [3.8, 4) is 5.75 Å². The lowest BCUT2D eigenvalue weighted by atomic mass is 9.87. The van der Waals surface area contributed by atoms with Crippen LogP contribution < -0.4 is 15.0 Å². The summed E-state index contributed by atoms with van der Waals surface area (Å²) in [7, 11) is 0. The quantitative estimate of drug-likeness (QED) is 0.856. The summed E-state index contributed by atoms with van der Waals surface area (Å²) in [5.74, 6) is 0.438. The maximum Gasteiger partial charge on any atom is 0.254 e. The molecule has 5 heteroatoms. The van der Waals surface area contributed by atoms with Crippen molar-refractivity contribution in [3.63, 3.8) is 0 Å². The van der Waals surface area contributed by atoms with Gasteiger partial charge in [0.2, 0.25) is 5.91 Å². The van der Waals surface area contributed by atoms with E-state index in [2.05, 4.69) is 38.2 Å². The lowest BCUT2D eigenvalue weighted by molar-refractivity contribution is -0.126. The molecule has 1 N–H and O–H groups in total. The second kappa shape index (κ2) is 7.66. The Labute approximate surface area is 166 Å². The Balaban J connectivity index is 1.69. The van der Waals surface area contributed by atoms with Crippen LogP contribution in [0, 0.1) is 6.92 Å². The lowest BCUT2D eigenvalue weighted by Crippen LogP contribution is -2.38. The average molecular weight is 380 g/mol. The van der Waals surface area contributed by atoms with E-state index in [0.717, 1.165) is 22.6 Å². The highest BCUT2D eigenvalue weighted by Crippen LogP contribution is 2.36. The Morgan fingerprint density at radius 1 is 1.14 bits per heavy atom. The maximum atomic E-state index is 12.9. The van der Waals surface area contributed by atoms with Crippen molar-refractivity contribution in [2.24, 2.45) is 0 Å². The molecule has 148 valence electrons. The number of nitrogens with zero attached hydrogens (tertiary/aromatic N) is 1. The number of amides is 2. The highest BCUT2D eigenvalue weighted by Gasteiger charge is 2.37. The van der Waals surface area contributed by atoms with Gasteiger partial charge in [-0.3, -0.25) is 9.59 Å². The van der Waals surface area contributed by atoms with Crippen LogP contribution in [0.15, 0.2) is 42.5 Å². The van der Waals surface area contributed by atoms with Crippen molar-refractivity contribution < 1.29 is 14.3 Å². The fourth-order valence-corrected chi connectivity index (χ4v) is 3.44. The molecule has 3 rings (SSSR count). The predicted octanol–water partition coefficient (Wildman–Crippen LogP) is 3.90. The van der Waals surface area contributed by atoms with Crippen molar-refractivity contribution in [3.05, 3.63) is 59.2 Å². The molecule has 0 spiro atoms. The number of anilines is 1. The number of nitrogens with one attached hydrogen (secondary N) is 1. The summed E-state index contributed by atoms with van der Waals surface area (Å²) in [6, 6.07) is 13.3. The maximum absolute atomic E-state index is 12.9. The number of hydrogen-bond acceptors (Lipinski definition) is 3. The van der Waals surface area contributed by atoms with Crippen LogP contribution >= 0.6 is 0 Å². The third-order valence-corrected chi connectivity index (χ3v) is 4.95. The molecule has 2 aromatic rings. The highest BCUT2D eigenvalue weighted by atomic mass is 16.5. The SMILES string of the molecule is CC(=O)NC1C(=O)N(CCOc2ccc(C(C)(C)C)cc2)c2ccc(C)cc21.